The van der Waals surface area contributed by atoms with Crippen LogP contribution in [0.5, 0.6) is 0 Å². The van der Waals surface area contributed by atoms with Crippen LogP contribution in [0.15, 0.2) is 67.1 Å². The van der Waals surface area contributed by atoms with Crippen molar-refractivity contribution in [2.75, 3.05) is 16.8 Å². The van der Waals surface area contributed by atoms with E-state index in [1.165, 1.54) is 0 Å². The molecule has 1 amide bonds. The SMILES string of the molecule is CC[C@@H]1C(=O)N(C)c2cnc(-c3cccnc3-c3ccccc3)nc2N1c1ccn(C)n1. The molecule has 0 saturated carbocycles. The second-order valence-corrected chi connectivity index (χ2v) is 7.71. The minimum atomic E-state index is -0.396. The second-order valence-electron chi connectivity index (χ2n) is 7.71. The molecular formula is C24H23N7O. The monoisotopic (exact) mass is 425 g/mol. The zero-order chi connectivity index (χ0) is 22.2. The van der Waals surface area contributed by atoms with Crippen molar-refractivity contribution < 1.29 is 4.79 Å². The molecule has 4 heterocycles. The van der Waals surface area contributed by atoms with Crippen molar-refractivity contribution in [1.29, 1.82) is 0 Å². The highest BCUT2D eigenvalue weighted by Crippen LogP contribution is 2.40. The molecule has 0 N–H and O–H groups in total. The fourth-order valence-corrected chi connectivity index (χ4v) is 4.08. The van der Waals surface area contributed by atoms with Gasteiger partial charge in [-0.1, -0.05) is 37.3 Å². The Labute approximate surface area is 186 Å². The van der Waals surface area contributed by atoms with Crippen LogP contribution in [0.4, 0.5) is 17.3 Å². The van der Waals surface area contributed by atoms with E-state index in [1.807, 2.05) is 73.6 Å². The van der Waals surface area contributed by atoms with Gasteiger partial charge in [-0.05, 0) is 18.6 Å². The van der Waals surface area contributed by atoms with E-state index >= 15 is 0 Å². The summed E-state index contributed by atoms with van der Waals surface area (Å²) in [5.74, 6) is 1.88. The summed E-state index contributed by atoms with van der Waals surface area (Å²) in [7, 11) is 3.62. The summed E-state index contributed by atoms with van der Waals surface area (Å²) in [5.41, 5.74) is 3.28. The maximum atomic E-state index is 13.1. The lowest BCUT2D eigenvalue weighted by Gasteiger charge is -2.39. The Kier molecular flexibility index (Phi) is 4.89. The highest BCUT2D eigenvalue weighted by molar-refractivity contribution is 6.06. The van der Waals surface area contributed by atoms with Gasteiger partial charge in [0.05, 0.1) is 11.9 Å². The molecular weight excluding hydrogens is 402 g/mol. The molecule has 1 aliphatic heterocycles. The number of benzene rings is 1. The Morgan fingerprint density at radius 1 is 1.00 bits per heavy atom. The summed E-state index contributed by atoms with van der Waals surface area (Å²) < 4.78 is 1.72. The van der Waals surface area contributed by atoms with Crippen LogP contribution < -0.4 is 9.80 Å². The number of rotatable bonds is 4. The van der Waals surface area contributed by atoms with Crippen LogP contribution in [0, 0.1) is 0 Å². The van der Waals surface area contributed by atoms with Crippen molar-refractivity contribution >= 4 is 23.2 Å². The number of aromatic nitrogens is 5. The quantitative estimate of drug-likeness (QED) is 0.494. The van der Waals surface area contributed by atoms with Gasteiger partial charge in [0, 0.05) is 43.7 Å². The van der Waals surface area contributed by atoms with E-state index in [0.717, 1.165) is 16.8 Å². The molecule has 160 valence electrons. The van der Waals surface area contributed by atoms with Gasteiger partial charge in [0.1, 0.15) is 11.7 Å². The molecule has 0 unspecified atom stereocenters. The number of fused-ring (bicyclic) bond motifs is 1. The van der Waals surface area contributed by atoms with Crippen LogP contribution in [0.1, 0.15) is 13.3 Å². The van der Waals surface area contributed by atoms with Crippen molar-refractivity contribution in [3.05, 3.63) is 67.1 Å². The third-order valence-corrected chi connectivity index (χ3v) is 5.70. The lowest BCUT2D eigenvalue weighted by molar-refractivity contribution is -0.119. The number of amides is 1. The molecule has 1 aromatic carbocycles. The average Bonchev–Trinajstić information content (AvgIpc) is 3.27. The Hall–Kier alpha value is -4.07. The van der Waals surface area contributed by atoms with Crippen LogP contribution in [0.25, 0.3) is 22.6 Å². The minimum Gasteiger partial charge on any atom is -0.309 e. The molecule has 8 nitrogen and oxygen atoms in total. The number of pyridine rings is 1. The number of carbonyl (C=O) groups excluding carboxylic acids is 1. The normalized spacial score (nSPS) is 15.7. The van der Waals surface area contributed by atoms with E-state index < -0.39 is 6.04 Å². The van der Waals surface area contributed by atoms with E-state index in [1.54, 1.807) is 29.0 Å². The number of likely N-dealkylation sites (N-methyl/N-ethyl adjacent to an activating group) is 1. The van der Waals surface area contributed by atoms with E-state index in [2.05, 4.69) is 15.1 Å². The molecule has 0 bridgehead atoms. The van der Waals surface area contributed by atoms with Gasteiger partial charge in [0.25, 0.3) is 0 Å². The van der Waals surface area contributed by atoms with Crippen LogP contribution in [0.3, 0.4) is 0 Å². The van der Waals surface area contributed by atoms with Gasteiger partial charge in [-0.15, -0.1) is 0 Å². The molecule has 0 saturated heterocycles. The molecule has 1 atom stereocenters. The van der Waals surface area contributed by atoms with Gasteiger partial charge in [-0.3, -0.25) is 19.4 Å². The first-order valence-corrected chi connectivity index (χ1v) is 10.5. The molecule has 0 spiro atoms. The first kappa shape index (κ1) is 19.9. The predicted molar refractivity (Wildman–Crippen MR) is 124 cm³/mol. The summed E-state index contributed by atoms with van der Waals surface area (Å²) in [5, 5.41) is 4.56. The first-order valence-electron chi connectivity index (χ1n) is 10.5. The zero-order valence-electron chi connectivity index (χ0n) is 18.2. The second kappa shape index (κ2) is 7.88. The van der Waals surface area contributed by atoms with E-state index in [0.29, 0.717) is 29.6 Å². The number of anilines is 3. The first-order chi connectivity index (χ1) is 15.6. The largest absolute Gasteiger partial charge is 0.309 e. The van der Waals surface area contributed by atoms with Crippen LogP contribution in [0.2, 0.25) is 0 Å². The number of hydrogen-bond donors (Lipinski definition) is 0. The van der Waals surface area contributed by atoms with Crippen molar-refractivity contribution in [3.8, 4) is 22.6 Å². The van der Waals surface area contributed by atoms with Gasteiger partial charge in [-0.2, -0.15) is 5.10 Å². The number of hydrogen-bond acceptors (Lipinski definition) is 6. The molecule has 5 rings (SSSR count). The van der Waals surface area contributed by atoms with Crippen molar-refractivity contribution in [2.45, 2.75) is 19.4 Å². The summed E-state index contributed by atoms with van der Waals surface area (Å²) in [6.45, 7) is 1.99. The van der Waals surface area contributed by atoms with E-state index in [9.17, 15) is 4.79 Å². The number of nitrogens with zero attached hydrogens (tertiary/aromatic N) is 7. The highest BCUT2D eigenvalue weighted by atomic mass is 16.2. The van der Waals surface area contributed by atoms with Crippen molar-refractivity contribution in [3.63, 3.8) is 0 Å². The van der Waals surface area contributed by atoms with Crippen LogP contribution in [-0.4, -0.2) is 43.7 Å². The zero-order valence-corrected chi connectivity index (χ0v) is 18.2. The average molecular weight is 425 g/mol. The topological polar surface area (TPSA) is 80.0 Å². The van der Waals surface area contributed by atoms with Crippen LogP contribution >= 0.6 is 0 Å². The lowest BCUT2D eigenvalue weighted by atomic mass is 10.0. The molecule has 0 radical (unpaired) electrons. The Balaban J connectivity index is 1.70. The summed E-state index contributed by atoms with van der Waals surface area (Å²) in [4.78, 5) is 30.8. The lowest BCUT2D eigenvalue weighted by Crippen LogP contribution is -2.50. The smallest absolute Gasteiger partial charge is 0.250 e. The van der Waals surface area contributed by atoms with Gasteiger partial charge in [0.2, 0.25) is 5.91 Å². The molecule has 3 aromatic heterocycles. The van der Waals surface area contributed by atoms with Gasteiger partial charge in [-0.25, -0.2) is 9.97 Å². The Morgan fingerprint density at radius 3 is 2.53 bits per heavy atom. The third kappa shape index (κ3) is 3.20. The summed E-state index contributed by atoms with van der Waals surface area (Å²) in [6.07, 6.45) is 5.96. The molecule has 1 aliphatic rings. The molecule has 4 aromatic rings. The maximum Gasteiger partial charge on any atom is 0.250 e. The Bertz CT molecular complexity index is 1280. The third-order valence-electron chi connectivity index (χ3n) is 5.70. The standard InChI is InChI=1S/C24H23N7O/c1-4-18-24(32)30(3)19-15-26-22(27-23(19)31(18)20-12-14-29(2)28-20)17-11-8-13-25-21(17)16-9-6-5-7-10-16/h5-15,18H,4H2,1-3H3/t18-/m1/s1. The molecule has 0 fully saturated rings. The molecule has 32 heavy (non-hydrogen) atoms. The van der Waals surface area contributed by atoms with Crippen LogP contribution in [-0.2, 0) is 11.8 Å². The van der Waals surface area contributed by atoms with Gasteiger partial charge in [0.15, 0.2) is 17.5 Å². The van der Waals surface area contributed by atoms with Crippen molar-refractivity contribution in [1.82, 2.24) is 24.7 Å². The maximum absolute atomic E-state index is 13.1. The molecule has 0 aliphatic carbocycles. The minimum absolute atomic E-state index is 0.00615. The number of carbonyl (C=O) groups is 1. The highest BCUT2D eigenvalue weighted by Gasteiger charge is 2.39. The summed E-state index contributed by atoms with van der Waals surface area (Å²) in [6, 6.07) is 15.3. The van der Waals surface area contributed by atoms with E-state index in [4.69, 9.17) is 4.98 Å². The van der Waals surface area contributed by atoms with Gasteiger partial charge < -0.3 is 4.90 Å². The van der Waals surface area contributed by atoms with Gasteiger partial charge >= 0.3 is 0 Å². The van der Waals surface area contributed by atoms with E-state index in [-0.39, 0.29) is 5.91 Å². The summed E-state index contributed by atoms with van der Waals surface area (Å²) >= 11 is 0. The fraction of sp³-hybridized carbons (Fsp3) is 0.208. The van der Waals surface area contributed by atoms with Crippen molar-refractivity contribution in [2.24, 2.45) is 7.05 Å². The molecule has 8 heteroatoms. The number of aryl methyl sites for hydroxylation is 1. The fourth-order valence-electron chi connectivity index (χ4n) is 4.08. The predicted octanol–water partition coefficient (Wildman–Crippen LogP) is 3.83. The Morgan fingerprint density at radius 2 is 1.81 bits per heavy atom.